The fraction of sp³-hybridized carbons (Fsp3) is 0.136. The maximum atomic E-state index is 13.4. The Kier molecular flexibility index (Phi) is 5.81. The van der Waals surface area contributed by atoms with Crippen molar-refractivity contribution in [2.24, 2.45) is 0 Å². The van der Waals surface area contributed by atoms with Gasteiger partial charge in [-0.1, -0.05) is 41.7 Å². The van der Waals surface area contributed by atoms with Crippen molar-refractivity contribution >= 4 is 48.3 Å². The number of aryl methyl sites for hydroxylation is 1. The van der Waals surface area contributed by atoms with Crippen LogP contribution in [-0.2, 0) is 14.8 Å². The standard InChI is InChI=1S/C22H20N4O3S2/c1-16-8-3-5-11-19(16)26(22-24-18-10-4-6-12-20(18)30-22)21(27)15-25(2)31(28,29)17-9-7-13-23-14-17/h3-14H,15H2,1-2H3. The number of anilines is 2. The number of hydrogen-bond acceptors (Lipinski definition) is 6. The second-order valence-corrected chi connectivity index (χ2v) is 9.98. The average molecular weight is 453 g/mol. The number of thiazole rings is 1. The highest BCUT2D eigenvalue weighted by Gasteiger charge is 2.29. The second-order valence-electron chi connectivity index (χ2n) is 6.93. The molecule has 2 aromatic carbocycles. The van der Waals surface area contributed by atoms with Crippen LogP contribution in [0.25, 0.3) is 10.2 Å². The van der Waals surface area contributed by atoms with Crippen molar-refractivity contribution < 1.29 is 13.2 Å². The minimum atomic E-state index is -3.86. The SMILES string of the molecule is Cc1ccccc1N(C(=O)CN(C)S(=O)(=O)c1cccnc1)c1nc2ccccc2s1. The zero-order chi connectivity index (χ0) is 22.0. The van der Waals surface area contributed by atoms with Gasteiger partial charge in [-0.15, -0.1) is 0 Å². The highest BCUT2D eigenvalue weighted by Crippen LogP contribution is 2.35. The van der Waals surface area contributed by atoms with Crippen LogP contribution in [0.2, 0.25) is 0 Å². The quantitative estimate of drug-likeness (QED) is 0.442. The lowest BCUT2D eigenvalue weighted by Crippen LogP contribution is -2.39. The number of pyridine rings is 1. The highest BCUT2D eigenvalue weighted by atomic mass is 32.2. The molecule has 0 unspecified atom stereocenters. The van der Waals surface area contributed by atoms with E-state index in [-0.39, 0.29) is 11.4 Å². The van der Waals surface area contributed by atoms with Gasteiger partial charge in [0.15, 0.2) is 5.13 Å². The molecule has 0 aliphatic carbocycles. The largest absolute Gasteiger partial charge is 0.272 e. The van der Waals surface area contributed by atoms with E-state index in [2.05, 4.69) is 9.97 Å². The van der Waals surface area contributed by atoms with E-state index in [1.807, 2.05) is 55.5 Å². The lowest BCUT2D eigenvalue weighted by atomic mass is 10.2. The van der Waals surface area contributed by atoms with Crippen LogP contribution in [0.3, 0.4) is 0 Å². The monoisotopic (exact) mass is 452 g/mol. The summed E-state index contributed by atoms with van der Waals surface area (Å²) in [5, 5.41) is 0.493. The zero-order valence-electron chi connectivity index (χ0n) is 17.0. The molecule has 0 spiro atoms. The van der Waals surface area contributed by atoms with Gasteiger partial charge in [0.25, 0.3) is 0 Å². The number of amides is 1. The Morgan fingerprint density at radius 2 is 1.77 bits per heavy atom. The highest BCUT2D eigenvalue weighted by molar-refractivity contribution is 7.89. The van der Waals surface area contributed by atoms with Crippen molar-refractivity contribution in [1.82, 2.24) is 14.3 Å². The summed E-state index contributed by atoms with van der Waals surface area (Å²) >= 11 is 1.38. The number of benzene rings is 2. The third kappa shape index (κ3) is 4.20. The van der Waals surface area contributed by atoms with E-state index in [1.165, 1.54) is 41.7 Å². The van der Waals surface area contributed by atoms with E-state index in [0.717, 1.165) is 20.1 Å². The van der Waals surface area contributed by atoms with Crippen molar-refractivity contribution in [2.45, 2.75) is 11.8 Å². The number of nitrogens with zero attached hydrogens (tertiary/aromatic N) is 4. The fourth-order valence-electron chi connectivity index (χ4n) is 3.14. The topological polar surface area (TPSA) is 83.5 Å². The second kappa shape index (κ2) is 8.54. The maximum Gasteiger partial charge on any atom is 0.248 e. The van der Waals surface area contributed by atoms with E-state index in [0.29, 0.717) is 10.8 Å². The van der Waals surface area contributed by atoms with Crippen LogP contribution in [0.5, 0.6) is 0 Å². The van der Waals surface area contributed by atoms with Crippen molar-refractivity contribution in [3.8, 4) is 0 Å². The maximum absolute atomic E-state index is 13.4. The summed E-state index contributed by atoms with van der Waals surface area (Å²) in [6.07, 6.45) is 2.76. The molecule has 0 N–H and O–H groups in total. The zero-order valence-corrected chi connectivity index (χ0v) is 18.6. The number of carbonyl (C=O) groups is 1. The first-order chi connectivity index (χ1) is 14.9. The average Bonchev–Trinajstić information content (AvgIpc) is 3.19. The van der Waals surface area contributed by atoms with Gasteiger partial charge in [-0.25, -0.2) is 13.4 Å². The predicted molar refractivity (Wildman–Crippen MR) is 122 cm³/mol. The van der Waals surface area contributed by atoms with Gasteiger partial charge in [0.1, 0.15) is 4.90 Å². The molecule has 0 saturated heterocycles. The molecule has 7 nitrogen and oxygen atoms in total. The molecule has 2 aromatic heterocycles. The summed E-state index contributed by atoms with van der Waals surface area (Å²) in [4.78, 5) is 23.5. The van der Waals surface area contributed by atoms with E-state index in [4.69, 9.17) is 0 Å². The van der Waals surface area contributed by atoms with Crippen molar-refractivity contribution in [2.75, 3.05) is 18.5 Å². The van der Waals surface area contributed by atoms with Gasteiger partial charge in [-0.3, -0.25) is 14.7 Å². The summed E-state index contributed by atoms with van der Waals surface area (Å²) in [6, 6.07) is 18.1. The first-order valence-electron chi connectivity index (χ1n) is 9.48. The van der Waals surface area contributed by atoms with Crippen LogP contribution < -0.4 is 4.90 Å². The third-order valence-electron chi connectivity index (χ3n) is 4.78. The van der Waals surface area contributed by atoms with E-state index >= 15 is 0 Å². The van der Waals surface area contributed by atoms with Gasteiger partial charge in [0, 0.05) is 19.4 Å². The van der Waals surface area contributed by atoms with Crippen molar-refractivity contribution in [3.63, 3.8) is 0 Å². The molecule has 0 aliphatic heterocycles. The van der Waals surface area contributed by atoms with Crippen LogP contribution in [0.1, 0.15) is 5.56 Å². The number of aromatic nitrogens is 2. The molecule has 2 heterocycles. The van der Waals surface area contributed by atoms with Crippen molar-refractivity contribution in [3.05, 3.63) is 78.6 Å². The van der Waals surface area contributed by atoms with Gasteiger partial charge >= 0.3 is 0 Å². The van der Waals surface area contributed by atoms with Crippen LogP contribution in [-0.4, -0.2) is 42.2 Å². The van der Waals surface area contributed by atoms with Gasteiger partial charge < -0.3 is 0 Å². The molecule has 0 radical (unpaired) electrons. The molecule has 1 amide bonds. The molecule has 4 rings (SSSR count). The Morgan fingerprint density at radius 3 is 2.48 bits per heavy atom. The molecule has 0 fully saturated rings. The lowest BCUT2D eigenvalue weighted by Gasteiger charge is -2.24. The Morgan fingerprint density at radius 1 is 1.03 bits per heavy atom. The molecular formula is C22H20N4O3S2. The Bertz CT molecular complexity index is 1300. The van der Waals surface area contributed by atoms with Crippen LogP contribution in [0.15, 0.2) is 78.0 Å². The number of carbonyl (C=O) groups excluding carboxylic acids is 1. The lowest BCUT2D eigenvalue weighted by molar-refractivity contribution is -0.117. The molecule has 158 valence electrons. The van der Waals surface area contributed by atoms with Crippen LogP contribution in [0.4, 0.5) is 10.8 Å². The molecule has 0 bridgehead atoms. The van der Waals surface area contributed by atoms with Gasteiger partial charge in [-0.2, -0.15) is 4.31 Å². The van der Waals surface area contributed by atoms with Gasteiger partial charge in [0.2, 0.25) is 15.9 Å². The molecule has 0 saturated carbocycles. The van der Waals surface area contributed by atoms with Crippen LogP contribution >= 0.6 is 11.3 Å². The fourth-order valence-corrected chi connectivity index (χ4v) is 5.22. The van der Waals surface area contributed by atoms with E-state index < -0.39 is 15.9 Å². The van der Waals surface area contributed by atoms with Gasteiger partial charge in [-0.05, 0) is 42.8 Å². The minimum absolute atomic E-state index is 0.0349. The first-order valence-corrected chi connectivity index (χ1v) is 11.7. The smallest absolute Gasteiger partial charge is 0.248 e. The minimum Gasteiger partial charge on any atom is -0.272 e. The summed E-state index contributed by atoms with van der Waals surface area (Å²) < 4.78 is 27.7. The third-order valence-corrected chi connectivity index (χ3v) is 7.59. The van der Waals surface area contributed by atoms with Crippen molar-refractivity contribution in [1.29, 1.82) is 0 Å². The Hall–Kier alpha value is -3.14. The number of para-hydroxylation sites is 2. The predicted octanol–water partition coefficient (Wildman–Crippen LogP) is 3.99. The number of fused-ring (bicyclic) bond motifs is 1. The molecule has 4 aromatic rings. The van der Waals surface area contributed by atoms with Gasteiger partial charge in [0.05, 0.1) is 22.4 Å². The summed E-state index contributed by atoms with van der Waals surface area (Å²) in [5.74, 6) is -0.400. The summed E-state index contributed by atoms with van der Waals surface area (Å²) in [6.45, 7) is 1.56. The number of sulfonamides is 1. The summed E-state index contributed by atoms with van der Waals surface area (Å²) in [5.41, 5.74) is 2.33. The molecule has 9 heteroatoms. The molecule has 0 aliphatic rings. The number of hydrogen-bond donors (Lipinski definition) is 0. The molecular weight excluding hydrogens is 432 g/mol. The number of likely N-dealkylation sites (N-methyl/N-ethyl adjacent to an activating group) is 1. The first kappa shape index (κ1) is 21.1. The van der Waals surface area contributed by atoms with Crippen LogP contribution in [0, 0.1) is 6.92 Å². The Labute approximate surface area is 184 Å². The Balaban J connectivity index is 1.72. The summed E-state index contributed by atoms with van der Waals surface area (Å²) in [7, 11) is -2.48. The molecule has 31 heavy (non-hydrogen) atoms. The van der Waals surface area contributed by atoms with E-state index in [1.54, 1.807) is 6.07 Å². The number of rotatable bonds is 6. The molecule has 0 atom stereocenters. The van der Waals surface area contributed by atoms with E-state index in [9.17, 15) is 13.2 Å². The normalized spacial score (nSPS) is 11.7.